The molecule has 0 radical (unpaired) electrons. The zero-order valence-corrected chi connectivity index (χ0v) is 22.5. The van der Waals surface area contributed by atoms with Crippen LogP contribution in [0.3, 0.4) is 0 Å². The van der Waals surface area contributed by atoms with Gasteiger partial charge in [0, 0.05) is 25.0 Å². The summed E-state index contributed by atoms with van der Waals surface area (Å²) in [6, 6.07) is 23.2. The molecule has 3 saturated heterocycles. The number of alkyl halides is 3. The summed E-state index contributed by atoms with van der Waals surface area (Å²) in [4.78, 5) is 39.4. The number of nitrogens with one attached hydrogen (secondary N) is 1. The molecule has 12 heteroatoms. The number of hydrogen-bond donors (Lipinski definition) is 2. The highest BCUT2D eigenvalue weighted by Gasteiger charge is 2.51. The molecule has 0 spiro atoms. The zero-order chi connectivity index (χ0) is 30.4. The van der Waals surface area contributed by atoms with Crippen molar-refractivity contribution in [2.45, 2.75) is 30.7 Å². The van der Waals surface area contributed by atoms with Crippen LogP contribution < -0.4 is 10.4 Å². The number of fused-ring (bicyclic) bond motifs is 3. The topological polar surface area (TPSA) is 129 Å². The van der Waals surface area contributed by atoms with E-state index in [1.807, 2.05) is 18.2 Å². The number of esters is 1. The molecule has 1 aromatic heterocycles. The third kappa shape index (κ3) is 7.12. The van der Waals surface area contributed by atoms with Gasteiger partial charge in [-0.2, -0.15) is 13.2 Å². The summed E-state index contributed by atoms with van der Waals surface area (Å²) < 4.78 is 38.2. The Kier molecular flexibility index (Phi) is 9.27. The van der Waals surface area contributed by atoms with E-state index in [0.29, 0.717) is 34.5 Å². The highest BCUT2D eigenvalue weighted by molar-refractivity contribution is 5.90. The average Bonchev–Trinajstić information content (AvgIpc) is 2.98. The summed E-state index contributed by atoms with van der Waals surface area (Å²) in [5, 5.41) is 23.4. The van der Waals surface area contributed by atoms with E-state index in [0.717, 1.165) is 25.9 Å². The molecule has 42 heavy (non-hydrogen) atoms. The molecule has 9 nitrogen and oxygen atoms in total. The van der Waals surface area contributed by atoms with Crippen molar-refractivity contribution in [3.63, 3.8) is 0 Å². The molecule has 3 aromatic rings. The van der Waals surface area contributed by atoms with Gasteiger partial charge in [0.2, 0.25) is 5.60 Å². The number of hydrogen-bond acceptors (Lipinski definition) is 7. The van der Waals surface area contributed by atoms with Crippen LogP contribution in [0.5, 0.6) is 0 Å². The van der Waals surface area contributed by atoms with Crippen LogP contribution in [0.15, 0.2) is 85.1 Å². The monoisotopic (exact) mass is 585 g/mol. The minimum Gasteiger partial charge on any atom is -0.542 e. The Morgan fingerprint density at radius 3 is 1.93 bits per heavy atom. The molecule has 3 aliphatic rings. The lowest BCUT2D eigenvalue weighted by atomic mass is 9.82. The lowest BCUT2D eigenvalue weighted by Crippen LogP contribution is -2.66. The fourth-order valence-corrected chi connectivity index (χ4v) is 5.48. The fraction of sp³-hybridized carbons (Fsp3) is 0.333. The first-order valence-electron chi connectivity index (χ1n) is 13.3. The summed E-state index contributed by atoms with van der Waals surface area (Å²) >= 11 is 0. The van der Waals surface area contributed by atoms with Crippen molar-refractivity contribution in [2.75, 3.05) is 31.5 Å². The number of aliphatic carboxylic acids is 1. The van der Waals surface area contributed by atoms with Crippen LogP contribution in [0, 0.1) is 5.92 Å². The molecule has 4 heterocycles. The summed E-state index contributed by atoms with van der Waals surface area (Å²) in [7, 11) is 0. The number of amides is 1. The Labute approximate surface area is 240 Å². The zero-order valence-electron chi connectivity index (χ0n) is 22.5. The summed E-state index contributed by atoms with van der Waals surface area (Å²) in [5.74, 6) is -3.02. The van der Waals surface area contributed by atoms with Gasteiger partial charge in [-0.1, -0.05) is 66.7 Å². The number of pyridine rings is 1. The molecule has 1 amide bonds. The maximum atomic E-state index is 13.6. The van der Waals surface area contributed by atoms with Crippen LogP contribution in [0.4, 0.5) is 19.0 Å². The lowest BCUT2D eigenvalue weighted by Gasteiger charge is -2.51. The minimum atomic E-state index is -5.19. The number of halogens is 3. The smallest absolute Gasteiger partial charge is 0.430 e. The van der Waals surface area contributed by atoms with Crippen LogP contribution in [-0.2, 0) is 24.7 Å². The van der Waals surface area contributed by atoms with Gasteiger partial charge in [0.25, 0.3) is 5.91 Å². The van der Waals surface area contributed by atoms with Crippen LogP contribution in [0.2, 0.25) is 0 Å². The predicted molar refractivity (Wildman–Crippen MR) is 142 cm³/mol. The Balaban J connectivity index is 0.000000517. The minimum absolute atomic E-state index is 0.0980. The Morgan fingerprint density at radius 1 is 0.929 bits per heavy atom. The van der Waals surface area contributed by atoms with Crippen LogP contribution in [0.1, 0.15) is 24.0 Å². The molecular formula is C30H30F3N3O6. The van der Waals surface area contributed by atoms with Crippen molar-refractivity contribution in [3.8, 4) is 0 Å². The highest BCUT2D eigenvalue weighted by Crippen LogP contribution is 2.38. The third-order valence-corrected chi connectivity index (χ3v) is 7.62. The lowest BCUT2D eigenvalue weighted by molar-refractivity contribution is -0.939. The van der Waals surface area contributed by atoms with Crippen molar-refractivity contribution < 1.29 is 47.0 Å². The molecule has 0 saturated carbocycles. The van der Waals surface area contributed by atoms with Gasteiger partial charge in [-0.3, -0.25) is 4.79 Å². The SMILES string of the molecule is O=C(C[N+]12CCC(CC1)[C@@H](OC(=O)C(O)(c1ccccc1)c1ccccc1)C2)Nc1ccccn1.O=C([O-])C(F)(F)F. The molecular weight excluding hydrogens is 555 g/mol. The summed E-state index contributed by atoms with van der Waals surface area (Å²) in [5.41, 5.74) is -0.970. The number of carboxylic acid groups (broad SMARTS) is 1. The standard InChI is InChI=1S/C28H29N3O4.C2HF3O2/c32-26(30-25-13-7-8-16-29-25)20-31-17-14-21(15-18-31)24(19-31)35-27(33)28(34,22-9-3-1-4-10-22)23-11-5-2-6-12-23;3-2(4,5)1(6)7/h1-13,16,21,24,34H,14-15,17-20H2;(H,6,7)/t21?,24-,31?;/m0./s1. The first kappa shape index (κ1) is 30.7. The van der Waals surface area contributed by atoms with E-state index in [1.54, 1.807) is 66.9 Å². The number of nitrogens with zero attached hydrogens (tertiary/aromatic N) is 2. The van der Waals surface area contributed by atoms with Crippen molar-refractivity contribution in [1.82, 2.24) is 4.98 Å². The van der Waals surface area contributed by atoms with E-state index in [2.05, 4.69) is 10.3 Å². The number of aliphatic hydroxyl groups is 1. The van der Waals surface area contributed by atoms with E-state index in [-0.39, 0.29) is 17.9 Å². The molecule has 3 aliphatic heterocycles. The normalized spacial score (nSPS) is 21.4. The number of carboxylic acids is 1. The van der Waals surface area contributed by atoms with Crippen molar-refractivity contribution >= 4 is 23.7 Å². The summed E-state index contributed by atoms with van der Waals surface area (Å²) in [6.07, 6.45) is -2.15. The Morgan fingerprint density at radius 2 is 1.45 bits per heavy atom. The van der Waals surface area contributed by atoms with Crippen molar-refractivity contribution in [2.24, 2.45) is 5.92 Å². The van der Waals surface area contributed by atoms with Crippen LogP contribution in [0.25, 0.3) is 0 Å². The predicted octanol–water partition coefficient (Wildman–Crippen LogP) is 2.41. The number of piperidine rings is 3. The number of anilines is 1. The van der Waals surface area contributed by atoms with Gasteiger partial charge in [0.05, 0.1) is 13.1 Å². The number of carbonyl (C=O) groups is 3. The first-order chi connectivity index (χ1) is 19.9. The quantitative estimate of drug-likeness (QED) is 0.322. The summed E-state index contributed by atoms with van der Waals surface area (Å²) in [6.45, 7) is 2.61. The molecule has 1 atom stereocenters. The molecule has 3 fully saturated rings. The van der Waals surface area contributed by atoms with E-state index in [1.165, 1.54) is 0 Å². The number of aromatic nitrogens is 1. The second-order valence-electron chi connectivity index (χ2n) is 10.4. The maximum absolute atomic E-state index is 13.6. The van der Waals surface area contributed by atoms with E-state index >= 15 is 0 Å². The number of carbonyl (C=O) groups excluding carboxylic acids is 3. The van der Waals surface area contributed by atoms with Crippen molar-refractivity contribution in [3.05, 3.63) is 96.2 Å². The number of rotatable bonds is 7. The maximum Gasteiger partial charge on any atom is 0.430 e. The van der Waals surface area contributed by atoms with Gasteiger partial charge < -0.3 is 29.5 Å². The second kappa shape index (κ2) is 12.7. The van der Waals surface area contributed by atoms with Crippen molar-refractivity contribution in [1.29, 1.82) is 0 Å². The second-order valence-corrected chi connectivity index (χ2v) is 10.4. The number of benzene rings is 2. The molecule has 0 aliphatic carbocycles. The number of ether oxygens (including phenoxy) is 1. The third-order valence-electron chi connectivity index (χ3n) is 7.62. The van der Waals surface area contributed by atoms with Gasteiger partial charge in [-0.15, -0.1) is 0 Å². The van der Waals surface area contributed by atoms with E-state index in [4.69, 9.17) is 14.6 Å². The van der Waals surface area contributed by atoms with Gasteiger partial charge >= 0.3 is 12.1 Å². The van der Waals surface area contributed by atoms with Crippen LogP contribution >= 0.6 is 0 Å². The average molecular weight is 586 g/mol. The van der Waals surface area contributed by atoms with Gasteiger partial charge in [0.15, 0.2) is 12.6 Å². The molecule has 2 bridgehead atoms. The highest BCUT2D eigenvalue weighted by atomic mass is 19.4. The fourth-order valence-electron chi connectivity index (χ4n) is 5.48. The van der Waals surface area contributed by atoms with Gasteiger partial charge in [-0.05, 0) is 23.3 Å². The Bertz CT molecular complexity index is 1330. The van der Waals surface area contributed by atoms with Crippen LogP contribution in [-0.4, -0.2) is 70.9 Å². The molecule has 0 unspecified atom stereocenters. The van der Waals surface area contributed by atoms with Gasteiger partial charge in [-0.25, -0.2) is 9.78 Å². The molecule has 6 rings (SSSR count). The number of quaternary nitrogens is 1. The van der Waals surface area contributed by atoms with Gasteiger partial charge in [0.1, 0.15) is 18.3 Å². The van der Waals surface area contributed by atoms with E-state index in [9.17, 15) is 27.9 Å². The largest absolute Gasteiger partial charge is 0.542 e. The molecule has 222 valence electrons. The molecule has 2 aromatic carbocycles. The first-order valence-corrected chi connectivity index (χ1v) is 13.3. The van der Waals surface area contributed by atoms with E-state index < -0.39 is 23.7 Å². The molecule has 2 N–H and O–H groups in total. The Hall–Kier alpha value is -4.29.